The number of halogens is 3. The minimum absolute atomic E-state index is 0.0248. The highest BCUT2D eigenvalue weighted by atomic mass is 35.5. The van der Waals surface area contributed by atoms with Gasteiger partial charge in [0.25, 0.3) is 6.43 Å². The largest absolute Gasteiger partial charge is 0.391 e. The Labute approximate surface area is 107 Å². The molecule has 0 bridgehead atoms. The van der Waals surface area contributed by atoms with Gasteiger partial charge in [-0.3, -0.25) is 0 Å². The molecule has 3 heterocycles. The molecule has 1 aromatic heterocycles. The van der Waals surface area contributed by atoms with Gasteiger partial charge in [0, 0.05) is 25.6 Å². The second kappa shape index (κ2) is 3.89. The number of rotatable bonds is 1. The van der Waals surface area contributed by atoms with Crippen LogP contribution in [0.5, 0.6) is 0 Å². The van der Waals surface area contributed by atoms with Crippen LogP contribution in [-0.4, -0.2) is 46.5 Å². The molecule has 5 nitrogen and oxygen atoms in total. The van der Waals surface area contributed by atoms with E-state index in [0.29, 0.717) is 11.5 Å². The van der Waals surface area contributed by atoms with Crippen molar-refractivity contribution < 1.29 is 13.9 Å². The summed E-state index contributed by atoms with van der Waals surface area (Å²) in [5, 5.41) is 20.2. The normalized spacial score (nSPS) is 30.1. The minimum Gasteiger partial charge on any atom is -0.391 e. The number of nitrogens with one attached hydrogen (secondary N) is 1. The van der Waals surface area contributed by atoms with Gasteiger partial charge in [0.05, 0.1) is 11.8 Å². The number of alkyl halides is 2. The van der Waals surface area contributed by atoms with Crippen molar-refractivity contribution in [2.24, 2.45) is 0 Å². The van der Waals surface area contributed by atoms with Crippen molar-refractivity contribution in [1.29, 1.82) is 0 Å². The lowest BCUT2D eigenvalue weighted by Crippen LogP contribution is -2.57. The molecule has 1 fully saturated rings. The van der Waals surface area contributed by atoms with Crippen LogP contribution < -0.4 is 10.2 Å². The molecule has 2 aliphatic rings. The van der Waals surface area contributed by atoms with Crippen molar-refractivity contribution in [1.82, 2.24) is 10.2 Å². The van der Waals surface area contributed by atoms with Crippen LogP contribution in [0.4, 0.5) is 20.3 Å². The molecule has 0 radical (unpaired) electrons. The zero-order chi connectivity index (χ0) is 12.9. The number of nitrogens with zero attached hydrogens (tertiary/aromatic N) is 3. The number of hydrogen-bond donors (Lipinski definition) is 2. The van der Waals surface area contributed by atoms with Crippen LogP contribution in [-0.2, 0) is 0 Å². The lowest BCUT2D eigenvalue weighted by Gasteiger charge is -2.43. The molecule has 1 aromatic rings. The van der Waals surface area contributed by atoms with Crippen molar-refractivity contribution in [2.75, 3.05) is 23.3 Å². The SMILES string of the molecule is O[C@@H]1CN2c3cc(Cl)nnc3NC[C@@]2(C(F)F)C1. The first kappa shape index (κ1) is 11.9. The standard InChI is InChI=1S/C10H11ClF2N4O/c11-7-1-6-8(16-15-7)14-4-10(9(12)13)2-5(18)3-17(6)10/h1,5,9,18H,2-4H2,(H,14,16)/t5-,10+/m0/s1. The number of anilines is 2. The van der Waals surface area contributed by atoms with Gasteiger partial charge in [-0.1, -0.05) is 11.6 Å². The van der Waals surface area contributed by atoms with Crippen LogP contribution >= 0.6 is 11.6 Å². The molecule has 0 unspecified atom stereocenters. The first-order valence-corrected chi connectivity index (χ1v) is 5.92. The number of hydrogen-bond acceptors (Lipinski definition) is 5. The summed E-state index contributed by atoms with van der Waals surface area (Å²) >= 11 is 5.75. The first-order valence-electron chi connectivity index (χ1n) is 5.54. The molecular formula is C10H11ClF2N4O. The van der Waals surface area contributed by atoms with Gasteiger partial charge in [0.15, 0.2) is 11.0 Å². The summed E-state index contributed by atoms with van der Waals surface area (Å²) in [6.07, 6.45) is -3.32. The van der Waals surface area contributed by atoms with Gasteiger partial charge >= 0.3 is 0 Å². The fraction of sp³-hybridized carbons (Fsp3) is 0.600. The Morgan fingerprint density at radius 1 is 1.56 bits per heavy atom. The first-order chi connectivity index (χ1) is 8.53. The third-order valence-electron chi connectivity index (χ3n) is 3.52. The highest BCUT2D eigenvalue weighted by Gasteiger charge is 2.54. The van der Waals surface area contributed by atoms with Crippen LogP contribution in [0.25, 0.3) is 0 Å². The highest BCUT2D eigenvalue weighted by Crippen LogP contribution is 2.44. The maximum absolute atomic E-state index is 13.4. The topological polar surface area (TPSA) is 61.3 Å². The smallest absolute Gasteiger partial charge is 0.263 e. The molecule has 2 atom stereocenters. The Kier molecular flexibility index (Phi) is 2.56. The summed E-state index contributed by atoms with van der Waals surface area (Å²) in [5.41, 5.74) is -0.920. The van der Waals surface area contributed by atoms with Crippen LogP contribution in [0.2, 0.25) is 5.15 Å². The number of fused-ring (bicyclic) bond motifs is 3. The van der Waals surface area contributed by atoms with E-state index in [1.807, 2.05) is 0 Å². The van der Waals surface area contributed by atoms with E-state index in [9.17, 15) is 13.9 Å². The summed E-state index contributed by atoms with van der Waals surface area (Å²) in [4.78, 5) is 1.49. The number of aliphatic hydroxyl groups excluding tert-OH is 1. The fourth-order valence-corrected chi connectivity index (χ4v) is 2.83. The molecule has 0 saturated carbocycles. The monoisotopic (exact) mass is 276 g/mol. The van der Waals surface area contributed by atoms with Crippen molar-refractivity contribution in [3.05, 3.63) is 11.2 Å². The average molecular weight is 277 g/mol. The Morgan fingerprint density at radius 3 is 3.06 bits per heavy atom. The van der Waals surface area contributed by atoms with E-state index in [1.165, 1.54) is 11.0 Å². The van der Waals surface area contributed by atoms with E-state index >= 15 is 0 Å². The van der Waals surface area contributed by atoms with Gasteiger partial charge in [0.1, 0.15) is 5.54 Å². The Balaban J connectivity index is 2.10. The highest BCUT2D eigenvalue weighted by molar-refractivity contribution is 6.29. The Hall–Kier alpha value is -1.21. The molecule has 1 saturated heterocycles. The third-order valence-corrected chi connectivity index (χ3v) is 3.71. The number of aliphatic hydroxyl groups is 1. The summed E-state index contributed by atoms with van der Waals surface area (Å²) < 4.78 is 26.7. The average Bonchev–Trinajstić information content (AvgIpc) is 2.67. The third kappa shape index (κ3) is 1.54. The van der Waals surface area contributed by atoms with E-state index in [0.717, 1.165) is 0 Å². The molecule has 0 amide bonds. The molecular weight excluding hydrogens is 266 g/mol. The Morgan fingerprint density at radius 2 is 2.33 bits per heavy atom. The fourth-order valence-electron chi connectivity index (χ4n) is 2.69. The van der Waals surface area contributed by atoms with Gasteiger partial charge in [-0.2, -0.15) is 0 Å². The van der Waals surface area contributed by atoms with E-state index in [1.54, 1.807) is 0 Å². The summed E-state index contributed by atoms with van der Waals surface area (Å²) in [6.45, 7) is 0.187. The zero-order valence-electron chi connectivity index (χ0n) is 9.28. The van der Waals surface area contributed by atoms with Crippen molar-refractivity contribution in [3.63, 3.8) is 0 Å². The molecule has 3 rings (SSSR count). The number of aromatic nitrogens is 2. The maximum Gasteiger partial charge on any atom is 0.263 e. The molecule has 0 spiro atoms. The van der Waals surface area contributed by atoms with E-state index in [2.05, 4.69) is 15.5 Å². The van der Waals surface area contributed by atoms with Crippen LogP contribution in [0.15, 0.2) is 6.07 Å². The summed E-state index contributed by atoms with van der Waals surface area (Å²) in [6, 6.07) is 1.49. The van der Waals surface area contributed by atoms with Gasteiger partial charge in [-0.25, -0.2) is 8.78 Å². The summed E-state index contributed by atoms with van der Waals surface area (Å²) in [5.74, 6) is 0.421. The quantitative estimate of drug-likeness (QED) is 0.805. The minimum atomic E-state index is -2.57. The summed E-state index contributed by atoms with van der Waals surface area (Å²) in [7, 11) is 0. The molecule has 8 heteroatoms. The second-order valence-corrected chi connectivity index (χ2v) is 5.01. The molecule has 2 aliphatic heterocycles. The van der Waals surface area contributed by atoms with Crippen LogP contribution in [0, 0.1) is 0 Å². The predicted octanol–water partition coefficient (Wildman–Crippen LogP) is 1.13. The van der Waals surface area contributed by atoms with Gasteiger partial charge < -0.3 is 15.3 Å². The predicted molar refractivity (Wildman–Crippen MR) is 62.2 cm³/mol. The van der Waals surface area contributed by atoms with Crippen molar-refractivity contribution >= 4 is 23.1 Å². The Bertz CT molecular complexity index is 489. The molecule has 0 aliphatic carbocycles. The van der Waals surface area contributed by atoms with Crippen LogP contribution in [0.1, 0.15) is 6.42 Å². The van der Waals surface area contributed by atoms with Crippen LogP contribution in [0.3, 0.4) is 0 Å². The van der Waals surface area contributed by atoms with Gasteiger partial charge in [-0.05, 0) is 0 Å². The maximum atomic E-state index is 13.4. The lowest BCUT2D eigenvalue weighted by atomic mass is 9.93. The molecule has 2 N–H and O–H groups in total. The van der Waals surface area contributed by atoms with E-state index < -0.39 is 18.1 Å². The second-order valence-electron chi connectivity index (χ2n) is 4.63. The number of β-amino-alcohol motifs (C(OH)–C–C–N with tert-alkyl or cyclic N) is 1. The molecule has 18 heavy (non-hydrogen) atoms. The van der Waals surface area contributed by atoms with Crippen molar-refractivity contribution in [2.45, 2.75) is 24.5 Å². The molecule has 98 valence electrons. The zero-order valence-corrected chi connectivity index (χ0v) is 10.0. The van der Waals surface area contributed by atoms with E-state index in [-0.39, 0.29) is 24.7 Å². The lowest BCUT2D eigenvalue weighted by molar-refractivity contribution is 0.0509. The van der Waals surface area contributed by atoms with Crippen molar-refractivity contribution in [3.8, 4) is 0 Å². The van der Waals surface area contributed by atoms with E-state index in [4.69, 9.17) is 11.6 Å². The van der Waals surface area contributed by atoms with Gasteiger partial charge in [0.2, 0.25) is 0 Å². The van der Waals surface area contributed by atoms with Gasteiger partial charge in [-0.15, -0.1) is 10.2 Å². The molecule has 0 aromatic carbocycles.